The zero-order valence-electron chi connectivity index (χ0n) is 15.8. The van der Waals surface area contributed by atoms with Gasteiger partial charge >= 0.3 is 0 Å². The van der Waals surface area contributed by atoms with Gasteiger partial charge in [0.2, 0.25) is 0 Å². The van der Waals surface area contributed by atoms with Crippen molar-refractivity contribution in [1.82, 2.24) is 0 Å². The van der Waals surface area contributed by atoms with E-state index in [0.29, 0.717) is 17.0 Å². The molecule has 1 fully saturated rings. The second kappa shape index (κ2) is 8.30. The van der Waals surface area contributed by atoms with Gasteiger partial charge in [-0.25, -0.2) is 0 Å². The van der Waals surface area contributed by atoms with Crippen LogP contribution in [0.25, 0.3) is 6.08 Å². The molecule has 2 aromatic rings. The van der Waals surface area contributed by atoms with Crippen molar-refractivity contribution in [2.75, 3.05) is 29.9 Å². The quantitative estimate of drug-likeness (QED) is 0.639. The molecule has 144 valence electrons. The Labute approximate surface area is 165 Å². The first-order valence-corrected chi connectivity index (χ1v) is 9.83. The van der Waals surface area contributed by atoms with E-state index in [1.165, 1.54) is 31.4 Å². The highest BCUT2D eigenvalue weighted by Crippen LogP contribution is 2.28. The largest absolute Gasteiger partial charge is 0.482 e. The van der Waals surface area contributed by atoms with Gasteiger partial charge in [-0.15, -0.1) is 0 Å². The normalized spacial score (nSPS) is 16.9. The van der Waals surface area contributed by atoms with Crippen molar-refractivity contribution in [3.05, 3.63) is 59.7 Å². The number of ketones is 1. The Balaban J connectivity index is 1.43. The number of hydrogen-bond donors (Lipinski definition) is 1. The van der Waals surface area contributed by atoms with Gasteiger partial charge in [0.1, 0.15) is 5.75 Å². The number of rotatable bonds is 4. The summed E-state index contributed by atoms with van der Waals surface area (Å²) in [5, 5.41) is 2.73. The number of allylic oxidation sites excluding steroid dienone is 1. The van der Waals surface area contributed by atoms with E-state index in [1.54, 1.807) is 24.3 Å². The maximum Gasteiger partial charge on any atom is 0.262 e. The second-order valence-electron chi connectivity index (χ2n) is 7.24. The molecule has 0 aromatic heterocycles. The maximum atomic E-state index is 12.5. The summed E-state index contributed by atoms with van der Waals surface area (Å²) in [6, 6.07) is 13.4. The fourth-order valence-corrected chi connectivity index (χ4v) is 3.63. The van der Waals surface area contributed by atoms with Crippen LogP contribution in [0.15, 0.2) is 48.5 Å². The molecule has 2 heterocycles. The van der Waals surface area contributed by atoms with E-state index in [4.69, 9.17) is 4.74 Å². The summed E-state index contributed by atoms with van der Waals surface area (Å²) in [5.74, 6) is 0.264. The molecule has 0 atom stereocenters. The average molecular weight is 376 g/mol. The van der Waals surface area contributed by atoms with Crippen molar-refractivity contribution in [3.8, 4) is 5.75 Å². The molecule has 0 bridgehead atoms. The highest BCUT2D eigenvalue weighted by molar-refractivity contribution is 6.08. The van der Waals surface area contributed by atoms with Gasteiger partial charge in [-0.2, -0.15) is 0 Å². The number of amides is 1. The number of fused-ring (bicyclic) bond motifs is 1. The molecule has 1 saturated heterocycles. The minimum Gasteiger partial charge on any atom is -0.482 e. The van der Waals surface area contributed by atoms with E-state index in [1.807, 2.05) is 18.2 Å². The molecule has 5 heteroatoms. The molecule has 2 aromatic carbocycles. The van der Waals surface area contributed by atoms with E-state index in [9.17, 15) is 9.59 Å². The third-order valence-electron chi connectivity index (χ3n) is 5.19. The van der Waals surface area contributed by atoms with Crippen LogP contribution in [0.4, 0.5) is 11.4 Å². The van der Waals surface area contributed by atoms with Crippen molar-refractivity contribution in [2.24, 2.45) is 0 Å². The van der Waals surface area contributed by atoms with Crippen LogP contribution in [-0.4, -0.2) is 31.4 Å². The van der Waals surface area contributed by atoms with Crippen LogP contribution in [-0.2, 0) is 4.79 Å². The van der Waals surface area contributed by atoms with Crippen LogP contribution in [0.1, 0.15) is 41.6 Å². The second-order valence-corrected chi connectivity index (χ2v) is 7.24. The van der Waals surface area contributed by atoms with Gasteiger partial charge in [-0.3, -0.25) is 9.59 Å². The minimum atomic E-state index is -0.211. The lowest BCUT2D eigenvalue weighted by Gasteiger charge is -2.22. The third kappa shape index (κ3) is 4.25. The minimum absolute atomic E-state index is 0.00756. The third-order valence-corrected chi connectivity index (χ3v) is 5.19. The first kappa shape index (κ1) is 18.3. The van der Waals surface area contributed by atoms with Gasteiger partial charge in [0.15, 0.2) is 12.4 Å². The lowest BCUT2D eigenvalue weighted by atomic mass is 10.1. The van der Waals surface area contributed by atoms with Crippen molar-refractivity contribution < 1.29 is 14.3 Å². The van der Waals surface area contributed by atoms with Gasteiger partial charge < -0.3 is 15.0 Å². The molecule has 0 aliphatic carbocycles. The predicted octanol–water partition coefficient (Wildman–Crippen LogP) is 4.29. The van der Waals surface area contributed by atoms with Gasteiger partial charge in [0.25, 0.3) is 5.91 Å². The molecule has 0 unspecified atom stereocenters. The fourth-order valence-electron chi connectivity index (χ4n) is 3.63. The Hall–Kier alpha value is -3.08. The summed E-state index contributed by atoms with van der Waals surface area (Å²) in [4.78, 5) is 26.4. The summed E-state index contributed by atoms with van der Waals surface area (Å²) in [5.41, 5.74) is 3.29. The van der Waals surface area contributed by atoms with Gasteiger partial charge in [0.05, 0.1) is 5.69 Å². The molecule has 1 amide bonds. The summed E-state index contributed by atoms with van der Waals surface area (Å²) in [6.07, 6.45) is 8.53. The Morgan fingerprint density at radius 1 is 1.00 bits per heavy atom. The van der Waals surface area contributed by atoms with E-state index >= 15 is 0 Å². The molecule has 0 spiro atoms. The molecule has 5 nitrogen and oxygen atoms in total. The summed E-state index contributed by atoms with van der Waals surface area (Å²) >= 11 is 0. The first-order chi connectivity index (χ1) is 13.7. The van der Waals surface area contributed by atoms with E-state index < -0.39 is 0 Å². The molecular formula is C23H24N2O3. The smallest absolute Gasteiger partial charge is 0.262 e. The summed E-state index contributed by atoms with van der Waals surface area (Å²) < 4.78 is 5.32. The molecule has 0 radical (unpaired) electrons. The number of nitrogens with one attached hydrogen (secondary N) is 1. The first-order valence-electron chi connectivity index (χ1n) is 9.83. The lowest BCUT2D eigenvalue weighted by molar-refractivity contribution is -0.118. The SMILES string of the molecule is O=C1COc2ccc(C(=O)/C=C/c3ccc(N4CCCCCC4)cc3)cc2N1. The number of ether oxygens (including phenoxy) is 1. The zero-order chi connectivity index (χ0) is 19.3. The number of carbonyl (C=O) groups excluding carboxylic acids is 2. The maximum absolute atomic E-state index is 12.5. The molecule has 2 aliphatic rings. The van der Waals surface area contributed by atoms with Gasteiger partial charge in [-0.05, 0) is 54.8 Å². The van der Waals surface area contributed by atoms with Crippen molar-refractivity contribution in [3.63, 3.8) is 0 Å². The summed E-state index contributed by atoms with van der Waals surface area (Å²) in [6.45, 7) is 2.24. The lowest BCUT2D eigenvalue weighted by Crippen LogP contribution is -2.25. The molecule has 2 aliphatic heterocycles. The summed E-state index contributed by atoms with van der Waals surface area (Å²) in [7, 11) is 0. The van der Waals surface area contributed by atoms with Crippen LogP contribution in [0.2, 0.25) is 0 Å². The molecule has 28 heavy (non-hydrogen) atoms. The van der Waals surface area contributed by atoms with Crippen LogP contribution in [0.3, 0.4) is 0 Å². The standard InChI is InChI=1S/C23H24N2O3/c26-21(18-8-12-22-20(15-18)24-23(27)16-28-22)11-7-17-5-9-19(10-6-17)25-13-3-1-2-4-14-25/h5-12,15H,1-4,13-14,16H2,(H,24,27)/b11-7+. The fraction of sp³-hybridized carbons (Fsp3) is 0.304. The Morgan fingerprint density at radius 3 is 2.50 bits per heavy atom. The van der Waals surface area contributed by atoms with Crippen molar-refractivity contribution in [2.45, 2.75) is 25.7 Å². The average Bonchev–Trinajstić information content (AvgIpc) is 3.01. The Kier molecular flexibility index (Phi) is 5.42. The highest BCUT2D eigenvalue weighted by atomic mass is 16.5. The number of benzene rings is 2. The zero-order valence-corrected chi connectivity index (χ0v) is 15.8. The molecule has 1 N–H and O–H groups in total. The monoisotopic (exact) mass is 376 g/mol. The van der Waals surface area contributed by atoms with Crippen LogP contribution < -0.4 is 15.0 Å². The van der Waals surface area contributed by atoms with Crippen LogP contribution in [0.5, 0.6) is 5.75 Å². The number of hydrogen-bond acceptors (Lipinski definition) is 4. The van der Waals surface area contributed by atoms with Gasteiger partial charge in [0, 0.05) is 24.3 Å². The topological polar surface area (TPSA) is 58.6 Å². The van der Waals surface area contributed by atoms with Crippen molar-refractivity contribution >= 4 is 29.1 Å². The Bertz CT molecular complexity index is 895. The highest BCUT2D eigenvalue weighted by Gasteiger charge is 2.17. The number of nitrogens with zero attached hydrogens (tertiary/aromatic N) is 1. The van der Waals surface area contributed by atoms with E-state index in [0.717, 1.165) is 18.7 Å². The van der Waals surface area contributed by atoms with Gasteiger partial charge in [-0.1, -0.05) is 31.1 Å². The number of anilines is 2. The molecular weight excluding hydrogens is 352 g/mol. The molecule has 4 rings (SSSR count). The predicted molar refractivity (Wildman–Crippen MR) is 111 cm³/mol. The van der Waals surface area contributed by atoms with Crippen LogP contribution >= 0.6 is 0 Å². The number of carbonyl (C=O) groups is 2. The molecule has 0 saturated carbocycles. The van der Waals surface area contributed by atoms with E-state index in [2.05, 4.69) is 22.3 Å². The Morgan fingerprint density at radius 2 is 1.75 bits per heavy atom. The van der Waals surface area contributed by atoms with Crippen LogP contribution in [0, 0.1) is 0 Å². The van der Waals surface area contributed by atoms with Crippen molar-refractivity contribution in [1.29, 1.82) is 0 Å². The van der Waals surface area contributed by atoms with E-state index in [-0.39, 0.29) is 18.3 Å².